The van der Waals surface area contributed by atoms with E-state index in [0.29, 0.717) is 23.4 Å². The highest BCUT2D eigenvalue weighted by Gasteiger charge is 2.35. The molecular weight excluding hydrogens is 366 g/mol. The summed E-state index contributed by atoms with van der Waals surface area (Å²) < 4.78 is 0. The fraction of sp³-hybridized carbons (Fsp3) is 0.200. The average Bonchev–Trinajstić information content (AvgIpc) is 2.90. The van der Waals surface area contributed by atoms with Crippen molar-refractivity contribution in [1.82, 2.24) is 4.90 Å². The zero-order valence-corrected chi connectivity index (χ0v) is 15.3. The molecule has 3 amide bonds. The zero-order chi connectivity index (χ0) is 19.6. The summed E-state index contributed by atoms with van der Waals surface area (Å²) in [6.07, 6.45) is 1.60. The minimum atomic E-state index is -0.439. The Hall–Kier alpha value is -3.17. The summed E-state index contributed by atoms with van der Waals surface area (Å²) in [6.45, 7) is 2.35. The maximum atomic E-state index is 12.5. The lowest BCUT2D eigenvalue weighted by Gasteiger charge is -2.12. The number of amides is 3. The molecule has 27 heavy (non-hydrogen) atoms. The highest BCUT2D eigenvalue weighted by atomic mass is 35.5. The van der Waals surface area contributed by atoms with Gasteiger partial charge in [-0.3, -0.25) is 19.3 Å². The van der Waals surface area contributed by atoms with Crippen molar-refractivity contribution in [3.63, 3.8) is 0 Å². The minimum absolute atomic E-state index is 0.233. The van der Waals surface area contributed by atoms with Gasteiger partial charge in [0.15, 0.2) is 0 Å². The molecule has 6 nitrogen and oxygen atoms in total. The van der Waals surface area contributed by atoms with Crippen LogP contribution in [0, 0.1) is 11.3 Å². The van der Waals surface area contributed by atoms with Crippen LogP contribution in [0.2, 0.25) is 5.02 Å². The summed E-state index contributed by atoms with van der Waals surface area (Å²) in [5.41, 5.74) is 1.54. The molecule has 136 valence electrons. The maximum absolute atomic E-state index is 12.5. The van der Waals surface area contributed by atoms with Crippen molar-refractivity contribution in [2.45, 2.75) is 19.8 Å². The van der Waals surface area contributed by atoms with Crippen molar-refractivity contribution in [2.75, 3.05) is 11.9 Å². The van der Waals surface area contributed by atoms with Gasteiger partial charge in [0, 0.05) is 17.8 Å². The van der Waals surface area contributed by atoms with Crippen molar-refractivity contribution in [3.8, 4) is 6.07 Å². The van der Waals surface area contributed by atoms with Crippen molar-refractivity contribution in [1.29, 1.82) is 5.26 Å². The number of nitriles is 1. The topological polar surface area (TPSA) is 90.3 Å². The first-order chi connectivity index (χ1) is 13.0. The van der Waals surface area contributed by atoms with Gasteiger partial charge in [0.1, 0.15) is 6.07 Å². The number of nitrogens with zero attached hydrogens (tertiary/aromatic N) is 2. The second kappa shape index (κ2) is 7.60. The number of nitrogens with one attached hydrogen (secondary N) is 1. The van der Waals surface area contributed by atoms with E-state index in [0.717, 1.165) is 12.8 Å². The summed E-state index contributed by atoms with van der Waals surface area (Å²) in [4.78, 5) is 38.5. The SMILES string of the molecule is CCCCN1C(=O)c2ccc(C(=O)Nc3ccc(C#N)c(Cl)c3)cc2C1=O. The van der Waals surface area contributed by atoms with Crippen LogP contribution in [0.25, 0.3) is 0 Å². The Morgan fingerprint density at radius 1 is 1.15 bits per heavy atom. The number of hydrogen-bond acceptors (Lipinski definition) is 4. The van der Waals surface area contributed by atoms with E-state index in [4.69, 9.17) is 16.9 Å². The summed E-state index contributed by atoms with van der Waals surface area (Å²) in [6, 6.07) is 10.9. The van der Waals surface area contributed by atoms with Crippen LogP contribution >= 0.6 is 11.6 Å². The second-order valence-corrected chi connectivity index (χ2v) is 6.54. The fourth-order valence-corrected chi connectivity index (χ4v) is 3.06. The molecule has 2 aromatic rings. The Labute approximate surface area is 161 Å². The van der Waals surface area contributed by atoms with Gasteiger partial charge in [-0.05, 0) is 42.8 Å². The number of fused-ring (bicyclic) bond motifs is 1. The van der Waals surface area contributed by atoms with E-state index in [2.05, 4.69) is 5.32 Å². The average molecular weight is 382 g/mol. The van der Waals surface area contributed by atoms with Gasteiger partial charge in [-0.25, -0.2) is 0 Å². The smallest absolute Gasteiger partial charge is 0.261 e. The van der Waals surface area contributed by atoms with Crippen LogP contribution < -0.4 is 5.32 Å². The molecule has 0 bridgehead atoms. The molecule has 1 aliphatic rings. The van der Waals surface area contributed by atoms with Crippen LogP contribution in [0.4, 0.5) is 5.69 Å². The Morgan fingerprint density at radius 2 is 1.89 bits per heavy atom. The van der Waals surface area contributed by atoms with Crippen LogP contribution in [0.15, 0.2) is 36.4 Å². The number of halogens is 1. The summed E-state index contributed by atoms with van der Waals surface area (Å²) in [5.74, 6) is -1.14. The first-order valence-electron chi connectivity index (χ1n) is 8.47. The van der Waals surface area contributed by atoms with Gasteiger partial charge in [-0.2, -0.15) is 5.26 Å². The monoisotopic (exact) mass is 381 g/mol. The third-order valence-corrected chi connectivity index (χ3v) is 4.63. The third-order valence-electron chi connectivity index (χ3n) is 4.32. The lowest BCUT2D eigenvalue weighted by Crippen LogP contribution is -2.30. The highest BCUT2D eigenvalue weighted by molar-refractivity contribution is 6.32. The summed E-state index contributed by atoms with van der Waals surface area (Å²) >= 11 is 5.97. The predicted octanol–water partition coefficient (Wildman–Crippen LogP) is 3.86. The molecule has 0 spiro atoms. The quantitative estimate of drug-likeness (QED) is 0.796. The Bertz CT molecular complexity index is 994. The van der Waals surface area contributed by atoms with Crippen LogP contribution in [0.3, 0.4) is 0 Å². The van der Waals surface area contributed by atoms with Gasteiger partial charge in [0.05, 0.1) is 21.7 Å². The molecule has 0 unspecified atom stereocenters. The molecule has 0 radical (unpaired) electrons. The van der Waals surface area contributed by atoms with Crippen molar-refractivity contribution < 1.29 is 14.4 Å². The standard InChI is InChI=1S/C20H16ClN3O3/c1-2-3-8-24-19(26)15-7-5-12(9-16(15)20(24)27)18(25)23-14-6-4-13(11-22)17(21)10-14/h4-7,9-10H,2-3,8H2,1H3,(H,23,25). The number of carbonyl (C=O) groups is 3. The molecule has 1 aliphatic heterocycles. The highest BCUT2D eigenvalue weighted by Crippen LogP contribution is 2.25. The molecule has 0 fully saturated rings. The van der Waals surface area contributed by atoms with E-state index in [9.17, 15) is 14.4 Å². The molecule has 2 aromatic carbocycles. The molecule has 1 N–H and O–H groups in total. The number of imide groups is 1. The normalized spacial score (nSPS) is 12.7. The summed E-state index contributed by atoms with van der Waals surface area (Å²) in [5, 5.41) is 11.8. The summed E-state index contributed by atoms with van der Waals surface area (Å²) in [7, 11) is 0. The molecule has 0 aromatic heterocycles. The Morgan fingerprint density at radius 3 is 2.56 bits per heavy atom. The molecular formula is C20H16ClN3O3. The lowest BCUT2D eigenvalue weighted by atomic mass is 10.1. The minimum Gasteiger partial charge on any atom is -0.322 e. The van der Waals surface area contributed by atoms with Gasteiger partial charge in [-0.15, -0.1) is 0 Å². The first-order valence-corrected chi connectivity index (χ1v) is 8.85. The molecule has 3 rings (SSSR count). The van der Waals surface area contributed by atoms with Crippen LogP contribution in [-0.2, 0) is 0 Å². The van der Waals surface area contributed by atoms with Crippen molar-refractivity contribution >= 4 is 35.0 Å². The van der Waals surface area contributed by atoms with Gasteiger partial charge in [0.25, 0.3) is 17.7 Å². The zero-order valence-electron chi connectivity index (χ0n) is 14.6. The van der Waals surface area contributed by atoms with Crippen LogP contribution in [0.5, 0.6) is 0 Å². The number of unbranched alkanes of at least 4 members (excludes halogenated alkanes) is 1. The molecule has 0 saturated carbocycles. The van der Waals surface area contributed by atoms with Gasteiger partial charge in [0.2, 0.25) is 0 Å². The van der Waals surface area contributed by atoms with Crippen LogP contribution in [0.1, 0.15) is 56.4 Å². The molecule has 1 heterocycles. The number of hydrogen-bond donors (Lipinski definition) is 1. The van der Waals surface area contributed by atoms with Gasteiger partial charge < -0.3 is 5.32 Å². The Balaban J connectivity index is 1.82. The van der Waals surface area contributed by atoms with Crippen LogP contribution in [-0.4, -0.2) is 29.2 Å². The molecule has 0 aliphatic carbocycles. The Kier molecular flexibility index (Phi) is 5.24. The van der Waals surface area contributed by atoms with Crippen molar-refractivity contribution in [2.24, 2.45) is 0 Å². The molecule has 0 atom stereocenters. The lowest BCUT2D eigenvalue weighted by molar-refractivity contribution is 0.0652. The number of carbonyl (C=O) groups excluding carboxylic acids is 3. The van der Waals surface area contributed by atoms with Gasteiger partial charge >= 0.3 is 0 Å². The van der Waals surface area contributed by atoms with E-state index in [1.54, 1.807) is 6.07 Å². The molecule has 7 heteroatoms. The van der Waals surface area contributed by atoms with E-state index in [-0.39, 0.29) is 28.0 Å². The van der Waals surface area contributed by atoms with Crippen molar-refractivity contribution in [3.05, 3.63) is 63.7 Å². The third kappa shape index (κ3) is 3.55. The molecule has 0 saturated heterocycles. The largest absolute Gasteiger partial charge is 0.322 e. The predicted molar refractivity (Wildman–Crippen MR) is 101 cm³/mol. The number of rotatable bonds is 5. The number of benzene rings is 2. The van der Waals surface area contributed by atoms with E-state index in [1.165, 1.54) is 35.2 Å². The maximum Gasteiger partial charge on any atom is 0.261 e. The second-order valence-electron chi connectivity index (χ2n) is 6.14. The van der Waals surface area contributed by atoms with E-state index < -0.39 is 5.91 Å². The van der Waals surface area contributed by atoms with Gasteiger partial charge in [-0.1, -0.05) is 24.9 Å². The van der Waals surface area contributed by atoms with E-state index >= 15 is 0 Å². The fourth-order valence-electron chi connectivity index (χ4n) is 2.84. The first kappa shape index (κ1) is 18.6. The number of anilines is 1. The van der Waals surface area contributed by atoms with E-state index in [1.807, 2.05) is 13.0 Å².